The van der Waals surface area contributed by atoms with Gasteiger partial charge in [-0.25, -0.2) is 4.98 Å². The molecule has 156 valence electrons. The van der Waals surface area contributed by atoms with Crippen molar-refractivity contribution in [3.8, 4) is 0 Å². The fourth-order valence-corrected chi connectivity index (χ4v) is 2.64. The minimum atomic E-state index is 0. The Morgan fingerprint density at radius 3 is 2.71 bits per heavy atom. The highest BCUT2D eigenvalue weighted by molar-refractivity contribution is 14.0. The maximum Gasteiger partial charge on any atom is 0.191 e. The minimum Gasteiger partial charge on any atom is -0.382 e. The van der Waals surface area contributed by atoms with Crippen molar-refractivity contribution in [1.29, 1.82) is 0 Å². The molecule has 0 fully saturated rings. The molecule has 0 radical (unpaired) electrons. The van der Waals surface area contributed by atoms with E-state index in [1.165, 1.54) is 11.1 Å². The van der Waals surface area contributed by atoms with Crippen molar-refractivity contribution in [3.63, 3.8) is 0 Å². The number of hydrogen-bond donors (Lipinski definition) is 2. The fourth-order valence-electron chi connectivity index (χ4n) is 2.64. The molecule has 0 aliphatic carbocycles. The zero-order chi connectivity index (χ0) is 19.3. The van der Waals surface area contributed by atoms with E-state index in [2.05, 4.69) is 49.4 Å². The van der Waals surface area contributed by atoms with Gasteiger partial charge in [0, 0.05) is 52.8 Å². The average molecular weight is 501 g/mol. The summed E-state index contributed by atoms with van der Waals surface area (Å²) in [6.07, 6.45) is 4.76. The van der Waals surface area contributed by atoms with E-state index in [9.17, 15) is 0 Å². The average Bonchev–Trinajstić information content (AvgIpc) is 3.08. The Hall–Kier alpha value is -1.65. The van der Waals surface area contributed by atoms with Gasteiger partial charge in [0.1, 0.15) is 5.82 Å². The normalized spacial score (nSPS) is 11.2. The van der Waals surface area contributed by atoms with Crippen LogP contribution in [0.5, 0.6) is 0 Å². The number of benzene rings is 1. The third-order valence-corrected chi connectivity index (χ3v) is 4.14. The molecule has 1 aromatic carbocycles. The smallest absolute Gasteiger partial charge is 0.191 e. The van der Waals surface area contributed by atoms with Crippen LogP contribution in [0, 0.1) is 6.92 Å². The van der Waals surface area contributed by atoms with Crippen molar-refractivity contribution < 1.29 is 9.47 Å². The molecule has 0 saturated heterocycles. The summed E-state index contributed by atoms with van der Waals surface area (Å²) in [7, 11) is 3.46. The van der Waals surface area contributed by atoms with Gasteiger partial charge in [-0.05, 0) is 24.5 Å². The minimum absolute atomic E-state index is 0. The SMILES string of the molecule is CN=C(NCCCOCCOC)NCc1cccc(Cn2ccnc2C)c1.I. The molecule has 8 heteroatoms. The number of ether oxygens (including phenoxy) is 2. The van der Waals surface area contributed by atoms with Crippen LogP contribution in [0.1, 0.15) is 23.4 Å². The van der Waals surface area contributed by atoms with Gasteiger partial charge in [-0.1, -0.05) is 24.3 Å². The second kappa shape index (κ2) is 14.4. The van der Waals surface area contributed by atoms with E-state index in [-0.39, 0.29) is 24.0 Å². The first-order chi connectivity index (χ1) is 13.2. The lowest BCUT2D eigenvalue weighted by Gasteiger charge is -2.13. The number of aryl methyl sites for hydroxylation is 1. The van der Waals surface area contributed by atoms with E-state index in [1.807, 2.05) is 19.3 Å². The number of hydrogen-bond acceptors (Lipinski definition) is 4. The van der Waals surface area contributed by atoms with Gasteiger partial charge in [-0.3, -0.25) is 4.99 Å². The highest BCUT2D eigenvalue weighted by atomic mass is 127. The largest absolute Gasteiger partial charge is 0.382 e. The topological polar surface area (TPSA) is 72.7 Å². The molecule has 0 aliphatic rings. The Balaban J connectivity index is 0.00000392. The molecule has 2 rings (SSSR count). The second-order valence-electron chi connectivity index (χ2n) is 6.23. The molecule has 0 bridgehead atoms. The van der Waals surface area contributed by atoms with Gasteiger partial charge < -0.3 is 24.7 Å². The summed E-state index contributed by atoms with van der Waals surface area (Å²) < 4.78 is 12.5. The van der Waals surface area contributed by atoms with Crippen LogP contribution in [0.4, 0.5) is 0 Å². The Morgan fingerprint density at radius 1 is 1.18 bits per heavy atom. The Bertz CT molecular complexity index is 705. The third kappa shape index (κ3) is 9.03. The molecule has 2 aromatic rings. The standard InChI is InChI=1S/C20H31N5O2.HI/c1-17-22-9-10-25(17)16-19-7-4-6-18(14-19)15-24-20(21-2)23-8-5-11-27-13-12-26-3;/h4,6-7,9-10,14H,5,8,11-13,15-16H2,1-3H3,(H2,21,23,24);1H. The molecule has 0 unspecified atom stereocenters. The van der Waals surface area contributed by atoms with Crippen molar-refractivity contribution in [2.24, 2.45) is 4.99 Å². The van der Waals surface area contributed by atoms with Gasteiger partial charge in [-0.2, -0.15) is 0 Å². The summed E-state index contributed by atoms with van der Waals surface area (Å²) in [4.78, 5) is 8.54. The number of rotatable bonds is 11. The van der Waals surface area contributed by atoms with E-state index in [0.717, 1.165) is 37.8 Å². The van der Waals surface area contributed by atoms with Crippen molar-refractivity contribution in [2.45, 2.75) is 26.4 Å². The molecule has 28 heavy (non-hydrogen) atoms. The first-order valence-electron chi connectivity index (χ1n) is 9.29. The van der Waals surface area contributed by atoms with E-state index >= 15 is 0 Å². The predicted octanol–water partition coefficient (Wildman–Crippen LogP) is 2.58. The Labute approximate surface area is 185 Å². The summed E-state index contributed by atoms with van der Waals surface area (Å²) in [5, 5.41) is 6.66. The second-order valence-corrected chi connectivity index (χ2v) is 6.23. The number of methoxy groups -OCH3 is 1. The summed E-state index contributed by atoms with van der Waals surface area (Å²) in [5.41, 5.74) is 2.47. The number of guanidine groups is 1. The molecule has 2 N–H and O–H groups in total. The van der Waals surface area contributed by atoms with Crippen molar-refractivity contribution in [3.05, 3.63) is 53.6 Å². The summed E-state index contributed by atoms with van der Waals surface area (Å²) in [5.74, 6) is 1.82. The number of nitrogens with one attached hydrogen (secondary N) is 2. The summed E-state index contributed by atoms with van der Waals surface area (Å²) in [6.45, 7) is 6.37. The lowest BCUT2D eigenvalue weighted by atomic mass is 10.1. The lowest BCUT2D eigenvalue weighted by molar-refractivity contribution is 0.0698. The zero-order valence-electron chi connectivity index (χ0n) is 17.0. The lowest BCUT2D eigenvalue weighted by Crippen LogP contribution is -2.37. The number of halogens is 1. The molecule has 7 nitrogen and oxygen atoms in total. The molecular weight excluding hydrogens is 469 g/mol. The Kier molecular flexibility index (Phi) is 12.5. The van der Waals surface area contributed by atoms with E-state index in [4.69, 9.17) is 9.47 Å². The first-order valence-corrected chi connectivity index (χ1v) is 9.29. The molecule has 0 saturated carbocycles. The van der Waals surface area contributed by atoms with Crippen molar-refractivity contribution >= 4 is 29.9 Å². The van der Waals surface area contributed by atoms with Crippen molar-refractivity contribution in [1.82, 2.24) is 20.2 Å². The van der Waals surface area contributed by atoms with Gasteiger partial charge in [-0.15, -0.1) is 24.0 Å². The van der Waals surface area contributed by atoms with Gasteiger partial charge in [0.2, 0.25) is 0 Å². The maximum atomic E-state index is 5.45. The van der Waals surface area contributed by atoms with E-state index in [1.54, 1.807) is 14.2 Å². The van der Waals surface area contributed by atoms with Crippen LogP contribution in [-0.4, -0.2) is 56.0 Å². The zero-order valence-corrected chi connectivity index (χ0v) is 19.3. The number of aromatic nitrogens is 2. The summed E-state index contributed by atoms with van der Waals surface area (Å²) >= 11 is 0. The van der Waals surface area contributed by atoms with Crippen molar-refractivity contribution in [2.75, 3.05) is 40.5 Å². The van der Waals surface area contributed by atoms with Crippen LogP contribution in [0.15, 0.2) is 41.7 Å². The molecule has 0 aliphatic heterocycles. The fraction of sp³-hybridized carbons (Fsp3) is 0.500. The third-order valence-electron chi connectivity index (χ3n) is 4.14. The summed E-state index contributed by atoms with van der Waals surface area (Å²) in [6, 6.07) is 8.56. The highest BCUT2D eigenvalue weighted by Crippen LogP contribution is 2.08. The van der Waals surface area contributed by atoms with E-state index < -0.39 is 0 Å². The van der Waals surface area contributed by atoms with Gasteiger partial charge in [0.05, 0.1) is 13.2 Å². The molecule has 1 aromatic heterocycles. The molecule has 1 heterocycles. The van der Waals surface area contributed by atoms with Crippen LogP contribution in [0.3, 0.4) is 0 Å². The van der Waals surface area contributed by atoms with E-state index in [0.29, 0.717) is 19.8 Å². The molecule has 0 spiro atoms. The van der Waals surface area contributed by atoms with Crippen LogP contribution in [-0.2, 0) is 22.6 Å². The molecule has 0 atom stereocenters. The van der Waals surface area contributed by atoms with Gasteiger partial charge in [0.25, 0.3) is 0 Å². The Morgan fingerprint density at radius 2 is 2.00 bits per heavy atom. The highest BCUT2D eigenvalue weighted by Gasteiger charge is 2.02. The van der Waals surface area contributed by atoms with Crippen LogP contribution < -0.4 is 10.6 Å². The van der Waals surface area contributed by atoms with Crippen LogP contribution in [0.25, 0.3) is 0 Å². The number of imidazole rings is 1. The molecule has 0 amide bonds. The van der Waals surface area contributed by atoms with Gasteiger partial charge in [0.15, 0.2) is 5.96 Å². The van der Waals surface area contributed by atoms with Crippen LogP contribution >= 0.6 is 24.0 Å². The number of nitrogens with zero attached hydrogens (tertiary/aromatic N) is 3. The first kappa shape index (κ1) is 24.4. The molecular formula is C20H32IN5O2. The van der Waals surface area contributed by atoms with Crippen LogP contribution in [0.2, 0.25) is 0 Å². The quantitative estimate of drug-likeness (QED) is 0.214. The van der Waals surface area contributed by atoms with Gasteiger partial charge >= 0.3 is 0 Å². The predicted molar refractivity (Wildman–Crippen MR) is 123 cm³/mol. The number of aliphatic imine (C=N–C) groups is 1. The monoisotopic (exact) mass is 501 g/mol. The maximum absolute atomic E-state index is 5.45.